The Labute approximate surface area is 129 Å². The maximum Gasteiger partial charge on any atom is 0.240 e. The Balaban J connectivity index is 2.33. The predicted octanol–water partition coefficient (Wildman–Crippen LogP) is 2.24. The second-order valence-electron chi connectivity index (χ2n) is 4.77. The highest BCUT2D eigenvalue weighted by atomic mass is 32.2. The summed E-state index contributed by atoms with van der Waals surface area (Å²) in [7, 11) is -3.52. The number of anilines is 1. The summed E-state index contributed by atoms with van der Waals surface area (Å²) in [5, 5.41) is 0.755. The van der Waals surface area contributed by atoms with Gasteiger partial charge in [-0.2, -0.15) is 11.8 Å². The van der Waals surface area contributed by atoms with Gasteiger partial charge in [-0.15, -0.1) is 0 Å². The van der Waals surface area contributed by atoms with E-state index in [0.29, 0.717) is 11.3 Å². The van der Waals surface area contributed by atoms with Gasteiger partial charge >= 0.3 is 0 Å². The summed E-state index contributed by atoms with van der Waals surface area (Å²) in [4.78, 5) is 4.42. The fourth-order valence-corrected chi connectivity index (χ4v) is 4.19. The smallest absolute Gasteiger partial charge is 0.240 e. The summed E-state index contributed by atoms with van der Waals surface area (Å²) in [6, 6.07) is 8.23. The van der Waals surface area contributed by atoms with Crippen molar-refractivity contribution in [2.75, 3.05) is 17.7 Å². The first kappa shape index (κ1) is 16.1. The Morgan fingerprint density at radius 1 is 1.33 bits per heavy atom. The first-order valence-corrected chi connectivity index (χ1v) is 9.51. The lowest BCUT2D eigenvalue weighted by molar-refractivity contribution is 0.558. The van der Waals surface area contributed by atoms with E-state index in [1.165, 1.54) is 0 Å². The van der Waals surface area contributed by atoms with Gasteiger partial charge in [-0.3, -0.25) is 0 Å². The lowest BCUT2D eigenvalue weighted by Gasteiger charge is -2.16. The normalized spacial score (nSPS) is 13.4. The van der Waals surface area contributed by atoms with Crippen molar-refractivity contribution in [1.82, 2.24) is 9.71 Å². The first-order valence-electron chi connectivity index (χ1n) is 6.64. The molecule has 5 nitrogen and oxygen atoms in total. The molecule has 1 heterocycles. The molecule has 21 heavy (non-hydrogen) atoms. The minimum absolute atomic E-state index is 0.0646. The van der Waals surface area contributed by atoms with Gasteiger partial charge in [-0.1, -0.05) is 6.92 Å². The summed E-state index contributed by atoms with van der Waals surface area (Å²) >= 11 is 1.62. The van der Waals surface area contributed by atoms with Gasteiger partial charge < -0.3 is 5.73 Å². The zero-order valence-electron chi connectivity index (χ0n) is 12.0. The van der Waals surface area contributed by atoms with Gasteiger partial charge in [-0.25, -0.2) is 18.1 Å². The van der Waals surface area contributed by atoms with E-state index in [1.54, 1.807) is 42.1 Å². The van der Waals surface area contributed by atoms with Crippen molar-refractivity contribution in [3.8, 4) is 0 Å². The molecule has 114 valence electrons. The number of nitrogen functional groups attached to an aromatic ring is 1. The summed E-state index contributed by atoms with van der Waals surface area (Å²) in [6.45, 7) is 1.97. The summed E-state index contributed by atoms with van der Waals surface area (Å²) in [6.07, 6.45) is 2.72. The van der Waals surface area contributed by atoms with Crippen molar-refractivity contribution in [3.05, 3.63) is 30.3 Å². The summed E-state index contributed by atoms with van der Waals surface area (Å²) in [5.41, 5.74) is 6.31. The predicted molar refractivity (Wildman–Crippen MR) is 88.9 cm³/mol. The van der Waals surface area contributed by atoms with Crippen molar-refractivity contribution in [2.24, 2.45) is 0 Å². The van der Waals surface area contributed by atoms with Crippen molar-refractivity contribution in [3.63, 3.8) is 0 Å². The van der Waals surface area contributed by atoms with Crippen LogP contribution < -0.4 is 10.5 Å². The second-order valence-corrected chi connectivity index (χ2v) is 7.40. The molecule has 0 aliphatic rings. The van der Waals surface area contributed by atoms with Crippen molar-refractivity contribution in [2.45, 2.75) is 24.3 Å². The van der Waals surface area contributed by atoms with Gasteiger partial charge in [-0.05, 0) is 43.0 Å². The minimum atomic E-state index is -3.52. The number of thioether (sulfide) groups is 1. The van der Waals surface area contributed by atoms with E-state index in [0.717, 1.165) is 17.6 Å². The highest BCUT2D eigenvalue weighted by Crippen LogP contribution is 2.19. The molecule has 0 radical (unpaired) electrons. The van der Waals surface area contributed by atoms with Crippen LogP contribution in [-0.4, -0.2) is 31.5 Å². The molecule has 3 N–H and O–H groups in total. The number of nitrogens with zero attached hydrogens (tertiary/aromatic N) is 1. The maximum atomic E-state index is 12.4. The number of nitrogens with two attached hydrogens (primary N) is 1. The molecular weight excluding hydrogens is 306 g/mol. The number of pyridine rings is 1. The van der Waals surface area contributed by atoms with E-state index in [-0.39, 0.29) is 10.9 Å². The molecule has 7 heteroatoms. The van der Waals surface area contributed by atoms with Crippen LogP contribution in [0, 0.1) is 0 Å². The Hall–Kier alpha value is -1.31. The molecule has 0 saturated heterocycles. The van der Waals surface area contributed by atoms with Crippen LogP contribution in [0.15, 0.2) is 35.2 Å². The molecule has 0 aliphatic carbocycles. The summed E-state index contributed by atoms with van der Waals surface area (Å²) in [5.74, 6) is 1.17. The Kier molecular flexibility index (Phi) is 5.08. The molecule has 0 spiro atoms. The number of benzene rings is 1. The second kappa shape index (κ2) is 6.64. The van der Waals surface area contributed by atoms with Gasteiger partial charge in [0.25, 0.3) is 0 Å². The van der Waals surface area contributed by atoms with Gasteiger partial charge in [0.1, 0.15) is 5.82 Å². The molecule has 0 aliphatic heterocycles. The number of aromatic nitrogens is 1. The van der Waals surface area contributed by atoms with E-state index in [9.17, 15) is 8.42 Å². The van der Waals surface area contributed by atoms with Crippen LogP contribution in [0.5, 0.6) is 0 Å². The number of sulfonamides is 1. The maximum absolute atomic E-state index is 12.4. The van der Waals surface area contributed by atoms with Crippen LogP contribution in [0.2, 0.25) is 0 Å². The Morgan fingerprint density at radius 2 is 2.10 bits per heavy atom. The third kappa shape index (κ3) is 3.87. The molecule has 0 fully saturated rings. The highest BCUT2D eigenvalue weighted by molar-refractivity contribution is 7.98. The van der Waals surface area contributed by atoms with Crippen LogP contribution in [0.1, 0.15) is 13.3 Å². The third-order valence-electron chi connectivity index (χ3n) is 3.17. The quantitative estimate of drug-likeness (QED) is 0.851. The zero-order chi connectivity index (χ0) is 15.5. The summed E-state index contributed by atoms with van der Waals surface area (Å²) < 4.78 is 27.6. The van der Waals surface area contributed by atoms with E-state index in [2.05, 4.69) is 9.71 Å². The van der Waals surface area contributed by atoms with E-state index >= 15 is 0 Å². The molecular formula is C14H19N3O2S2. The number of hydrogen-bond donors (Lipinski definition) is 2. The molecule has 2 aromatic rings. The lowest BCUT2D eigenvalue weighted by atomic mass is 10.2. The number of hydrogen-bond acceptors (Lipinski definition) is 5. The standard InChI is InChI=1S/C14H19N3O2S2/c1-3-11(9-20-2)17-21(18,19)12-5-6-13-10(8-12)4-7-14(15)16-13/h4-8,11,17H,3,9H2,1-2H3,(H2,15,16). The average molecular weight is 325 g/mol. The lowest BCUT2D eigenvalue weighted by Crippen LogP contribution is -2.36. The van der Waals surface area contributed by atoms with Crippen LogP contribution in [0.4, 0.5) is 5.82 Å². The molecule has 0 amide bonds. The van der Waals surface area contributed by atoms with Gasteiger partial charge in [0.2, 0.25) is 10.0 Å². The number of nitrogens with one attached hydrogen (secondary N) is 1. The average Bonchev–Trinajstić information content (AvgIpc) is 2.45. The van der Waals surface area contributed by atoms with E-state index in [4.69, 9.17) is 5.73 Å². The van der Waals surface area contributed by atoms with Crippen LogP contribution >= 0.6 is 11.8 Å². The molecule has 0 saturated carbocycles. The monoisotopic (exact) mass is 325 g/mol. The topological polar surface area (TPSA) is 85.1 Å². The fraction of sp³-hybridized carbons (Fsp3) is 0.357. The highest BCUT2D eigenvalue weighted by Gasteiger charge is 2.19. The molecule has 0 bridgehead atoms. The van der Waals surface area contributed by atoms with Crippen LogP contribution in [0.3, 0.4) is 0 Å². The third-order valence-corrected chi connectivity index (χ3v) is 5.43. The van der Waals surface area contributed by atoms with Gasteiger partial charge in [0, 0.05) is 17.2 Å². The van der Waals surface area contributed by atoms with Crippen molar-refractivity contribution < 1.29 is 8.42 Å². The Bertz CT molecular complexity index is 732. The van der Waals surface area contributed by atoms with E-state index < -0.39 is 10.0 Å². The fourth-order valence-electron chi connectivity index (χ4n) is 2.01. The first-order chi connectivity index (χ1) is 9.96. The minimum Gasteiger partial charge on any atom is -0.384 e. The Morgan fingerprint density at radius 3 is 2.76 bits per heavy atom. The molecule has 1 aromatic carbocycles. The van der Waals surface area contributed by atoms with Crippen LogP contribution in [0.25, 0.3) is 10.9 Å². The number of rotatable bonds is 6. The van der Waals surface area contributed by atoms with E-state index in [1.807, 2.05) is 13.2 Å². The largest absolute Gasteiger partial charge is 0.384 e. The van der Waals surface area contributed by atoms with Crippen LogP contribution in [-0.2, 0) is 10.0 Å². The van der Waals surface area contributed by atoms with Crippen molar-refractivity contribution in [1.29, 1.82) is 0 Å². The number of fused-ring (bicyclic) bond motifs is 1. The van der Waals surface area contributed by atoms with Gasteiger partial charge in [0.05, 0.1) is 10.4 Å². The molecule has 2 rings (SSSR count). The van der Waals surface area contributed by atoms with Crippen molar-refractivity contribution >= 4 is 38.5 Å². The SMILES string of the molecule is CCC(CSC)NS(=O)(=O)c1ccc2nc(N)ccc2c1. The molecule has 1 aromatic heterocycles. The molecule has 1 atom stereocenters. The molecule has 1 unspecified atom stereocenters. The van der Waals surface area contributed by atoms with Gasteiger partial charge in [0.15, 0.2) is 0 Å². The zero-order valence-corrected chi connectivity index (χ0v) is 13.7.